The van der Waals surface area contributed by atoms with Crippen LogP contribution < -0.4 is 20.4 Å². The van der Waals surface area contributed by atoms with Gasteiger partial charge in [-0.1, -0.05) is 241 Å². The van der Waals surface area contributed by atoms with Gasteiger partial charge in [-0.2, -0.15) is 0 Å². The maximum Gasteiger partial charge on any atom is 2.00 e. The van der Waals surface area contributed by atoms with E-state index in [1.165, 1.54) is 166 Å². The van der Waals surface area contributed by atoms with Gasteiger partial charge in [-0.15, -0.1) is 0 Å². The van der Waals surface area contributed by atoms with Crippen molar-refractivity contribution in [2.24, 2.45) is 0 Å². The first kappa shape index (κ1) is 60.7. The molecule has 388 valence electrons. The van der Waals surface area contributed by atoms with Crippen molar-refractivity contribution in [2.75, 3.05) is 20.4 Å². The Morgan fingerprint density at radius 2 is 0.676 bits per heavy atom. The van der Waals surface area contributed by atoms with Gasteiger partial charge in [-0.3, -0.25) is 0 Å². The van der Waals surface area contributed by atoms with Gasteiger partial charge in [0.05, 0.1) is 44.9 Å². The van der Waals surface area contributed by atoms with Crippen LogP contribution in [0.5, 0.6) is 0 Å². The Morgan fingerprint density at radius 3 is 0.958 bits per heavy atom. The number of anilines is 4. The van der Waals surface area contributed by atoms with E-state index in [2.05, 4.69) is 58.5 Å². The van der Waals surface area contributed by atoms with Crippen LogP contribution in [0.15, 0.2) is 107 Å². The zero-order valence-corrected chi connectivity index (χ0v) is 47.3. The third-order valence-electron chi connectivity index (χ3n) is 14.1. The van der Waals surface area contributed by atoms with E-state index in [9.17, 15) is 25.9 Å². The molecule has 4 aromatic carbocycles. The first-order chi connectivity index (χ1) is 34.0. The minimum Gasteiger partial charge on any atom is -0.744 e. The van der Waals surface area contributed by atoms with Crippen LogP contribution in [0.2, 0.25) is 0 Å². The number of hydrogen-bond donors (Lipinski definition) is 2. The molecule has 2 atom stereocenters. The second kappa shape index (κ2) is 33.9. The third kappa shape index (κ3) is 21.5. The summed E-state index contributed by atoms with van der Waals surface area (Å²) in [5.74, 6) is 0. The normalized spacial score (nSPS) is 15.0. The molecule has 0 aromatic heterocycles. The summed E-state index contributed by atoms with van der Waals surface area (Å²) in [4.78, 5) is 4.11. The van der Waals surface area contributed by atoms with Crippen LogP contribution in [0.25, 0.3) is 0 Å². The maximum absolute atomic E-state index is 11.8. The first-order valence-corrected chi connectivity index (χ1v) is 30.1. The number of benzene rings is 4. The molecule has 0 saturated heterocycles. The Balaban J connectivity index is 0.000000304. The fraction of sp³-hybridized carbons (Fsp3) is 0.586. The molecule has 0 radical (unpaired) electrons. The SMILES string of the molecule is CCCCCCCCCCCCCCCC1Nc2c(cccc2S(=O)(=O)[O-])N1Cc1ccccc1.CCCCCCCCCCCCCCCC1Nc2c(cccc2S(=O)(=O)[O-])N1Cc1ccccc1.[Ca+2]. The minimum absolute atomic E-state index is 0. The molecule has 2 aliphatic heterocycles. The van der Waals surface area contributed by atoms with Crippen molar-refractivity contribution in [2.45, 2.75) is 229 Å². The monoisotopic (exact) mass is 1040 g/mol. The molecule has 2 heterocycles. The van der Waals surface area contributed by atoms with Crippen molar-refractivity contribution >= 4 is 80.7 Å². The number of unbranched alkanes of at least 4 members (excludes halogenated alkanes) is 24. The molecule has 10 nitrogen and oxygen atoms in total. The van der Waals surface area contributed by atoms with Crippen molar-refractivity contribution in [1.82, 2.24) is 0 Å². The number of hydrogen-bond acceptors (Lipinski definition) is 10. The smallest absolute Gasteiger partial charge is 0.744 e. The fourth-order valence-corrected chi connectivity index (χ4v) is 11.5. The van der Waals surface area contributed by atoms with Crippen LogP contribution in [0.1, 0.15) is 205 Å². The fourth-order valence-electron chi connectivity index (χ4n) is 10.2. The van der Waals surface area contributed by atoms with Crippen LogP contribution in [0, 0.1) is 0 Å². The van der Waals surface area contributed by atoms with Crippen LogP contribution in [0.3, 0.4) is 0 Å². The van der Waals surface area contributed by atoms with Crippen molar-refractivity contribution in [3.8, 4) is 0 Å². The molecule has 4 aromatic rings. The molecule has 0 amide bonds. The van der Waals surface area contributed by atoms with E-state index in [0.29, 0.717) is 24.5 Å². The molecule has 71 heavy (non-hydrogen) atoms. The van der Waals surface area contributed by atoms with Gasteiger partial charge in [-0.05, 0) is 61.1 Å². The van der Waals surface area contributed by atoms with E-state index in [1.807, 2.05) is 48.5 Å². The molecular formula is C58H86CaN4O6S2. The first-order valence-electron chi connectivity index (χ1n) is 27.3. The quantitative estimate of drug-likeness (QED) is 0.0263. The predicted octanol–water partition coefficient (Wildman–Crippen LogP) is 15.3. The summed E-state index contributed by atoms with van der Waals surface area (Å²) in [6.07, 6.45) is 36.0. The number of rotatable bonds is 34. The minimum atomic E-state index is -4.54. The maximum atomic E-state index is 11.8. The molecule has 6 rings (SSSR count). The number of para-hydroxylation sites is 2. The average molecular weight is 1040 g/mol. The van der Waals surface area contributed by atoms with Gasteiger partial charge in [0.2, 0.25) is 0 Å². The molecule has 0 spiro atoms. The number of nitrogens with one attached hydrogen (secondary N) is 2. The standard InChI is InChI=1S/2C29H44N2O3S.Ca/c2*1-2-3-4-5-6-7-8-9-10-11-12-13-17-23-28-30-29-26(21-18-22-27(29)35(32,33)34)31(28)24-25-19-15-14-16-20-25;/h2*14-16,18-22,28,30H,2-13,17,23-24H2,1H3,(H,32,33,34);/q;;+2/p-2. The van der Waals surface area contributed by atoms with Gasteiger partial charge < -0.3 is 29.5 Å². The molecule has 2 aliphatic rings. The van der Waals surface area contributed by atoms with Gasteiger partial charge in [0.1, 0.15) is 20.2 Å². The Hall–Kier alpha value is -2.84. The third-order valence-corrected chi connectivity index (χ3v) is 15.9. The van der Waals surface area contributed by atoms with E-state index in [0.717, 1.165) is 48.2 Å². The van der Waals surface area contributed by atoms with Gasteiger partial charge >= 0.3 is 37.7 Å². The Bertz CT molecular complexity index is 2130. The second-order valence-electron chi connectivity index (χ2n) is 19.8. The largest absolute Gasteiger partial charge is 2.00 e. The van der Waals surface area contributed by atoms with E-state index >= 15 is 0 Å². The molecule has 13 heteroatoms. The Kier molecular flexibility index (Phi) is 29.0. The van der Waals surface area contributed by atoms with Crippen molar-refractivity contribution < 1.29 is 25.9 Å². The van der Waals surface area contributed by atoms with Gasteiger partial charge in [0.15, 0.2) is 0 Å². The number of nitrogens with zero attached hydrogens (tertiary/aromatic N) is 2. The van der Waals surface area contributed by atoms with Crippen molar-refractivity contribution in [3.05, 3.63) is 108 Å². The summed E-state index contributed by atoms with van der Waals surface area (Å²) < 4.78 is 71.0. The van der Waals surface area contributed by atoms with E-state index in [4.69, 9.17) is 0 Å². The summed E-state index contributed by atoms with van der Waals surface area (Å²) >= 11 is 0. The zero-order chi connectivity index (χ0) is 49.9. The molecule has 0 bridgehead atoms. The predicted molar refractivity (Wildman–Crippen MR) is 295 cm³/mol. The summed E-state index contributed by atoms with van der Waals surface area (Å²) in [7, 11) is -9.07. The van der Waals surface area contributed by atoms with Gasteiger partial charge in [0, 0.05) is 13.1 Å². The summed E-state index contributed by atoms with van der Waals surface area (Å²) in [5, 5.41) is 6.74. The molecule has 2 N–H and O–H groups in total. The number of fused-ring (bicyclic) bond motifs is 2. The Labute approximate surface area is 460 Å². The van der Waals surface area contributed by atoms with Crippen LogP contribution in [-0.4, -0.2) is 76.0 Å². The summed E-state index contributed by atoms with van der Waals surface area (Å²) in [6, 6.07) is 30.3. The molecule has 0 aliphatic carbocycles. The van der Waals surface area contributed by atoms with Crippen LogP contribution in [-0.2, 0) is 33.3 Å². The van der Waals surface area contributed by atoms with Crippen LogP contribution >= 0.6 is 0 Å². The van der Waals surface area contributed by atoms with E-state index in [-0.39, 0.29) is 59.9 Å². The summed E-state index contributed by atoms with van der Waals surface area (Å²) in [6.45, 7) is 5.88. The van der Waals surface area contributed by atoms with E-state index in [1.54, 1.807) is 12.1 Å². The van der Waals surface area contributed by atoms with Crippen molar-refractivity contribution in [3.63, 3.8) is 0 Å². The topological polar surface area (TPSA) is 145 Å². The molecule has 0 fully saturated rings. The van der Waals surface area contributed by atoms with E-state index < -0.39 is 20.2 Å². The molecule has 0 saturated carbocycles. The van der Waals surface area contributed by atoms with Gasteiger partial charge in [0.25, 0.3) is 0 Å². The van der Waals surface area contributed by atoms with Crippen molar-refractivity contribution in [1.29, 1.82) is 0 Å². The summed E-state index contributed by atoms with van der Waals surface area (Å²) in [5.41, 5.74) is 4.83. The zero-order valence-electron chi connectivity index (χ0n) is 43.5. The average Bonchev–Trinajstić information content (AvgIpc) is 3.88. The van der Waals surface area contributed by atoms with Gasteiger partial charge in [-0.25, -0.2) is 16.8 Å². The molecule has 2 unspecified atom stereocenters. The molecular weight excluding hydrogens is 953 g/mol. The second-order valence-corrected chi connectivity index (χ2v) is 22.5. The van der Waals surface area contributed by atoms with Crippen LogP contribution in [0.4, 0.5) is 22.7 Å². The Morgan fingerprint density at radius 1 is 0.394 bits per heavy atom.